The third kappa shape index (κ3) is 29.6. The molecule has 0 fully saturated rings. The molecule has 0 radical (unpaired) electrons. The highest BCUT2D eigenvalue weighted by molar-refractivity contribution is 6.25. The number of carbonyl (C=O) groups is 1. The molecule has 0 unspecified atom stereocenters. The van der Waals surface area contributed by atoms with E-state index in [0.29, 0.717) is 0 Å². The molecular formula is C17H21ClO2. The Morgan fingerprint density at radius 2 is 1.35 bits per heavy atom. The van der Waals surface area contributed by atoms with Crippen LogP contribution in [0.15, 0.2) is 87.0 Å². The van der Waals surface area contributed by atoms with Gasteiger partial charge < -0.3 is 5.11 Å². The van der Waals surface area contributed by atoms with E-state index in [1.807, 2.05) is 36.4 Å². The van der Waals surface area contributed by atoms with Crippen LogP contribution in [0.1, 0.15) is 5.56 Å². The summed E-state index contributed by atoms with van der Waals surface area (Å²) in [6, 6.07) is 10.0. The smallest absolute Gasteiger partial charge is 0.327 e. The molecule has 0 amide bonds. The number of allylic oxidation sites excluding steroid dienone is 2. The molecular weight excluding hydrogens is 272 g/mol. The van der Waals surface area contributed by atoms with E-state index in [1.165, 1.54) is 11.1 Å². The monoisotopic (exact) mass is 292 g/mol. The Morgan fingerprint density at radius 1 is 1.00 bits per heavy atom. The van der Waals surface area contributed by atoms with Crippen LogP contribution in [-0.4, -0.2) is 11.1 Å². The lowest BCUT2D eigenvalue weighted by molar-refractivity contribution is -0.131. The zero-order valence-corrected chi connectivity index (χ0v) is 12.3. The Bertz CT molecular complexity index is 389. The van der Waals surface area contributed by atoms with Crippen molar-refractivity contribution in [2.75, 3.05) is 0 Å². The lowest BCUT2D eigenvalue weighted by atomic mass is 10.2. The highest BCUT2D eigenvalue weighted by Gasteiger charge is 1.75. The van der Waals surface area contributed by atoms with Gasteiger partial charge in [0.25, 0.3) is 0 Å². The fraction of sp³-hybridized carbons (Fsp3) is 0. The number of halogens is 1. The van der Waals surface area contributed by atoms with Gasteiger partial charge in [0, 0.05) is 6.08 Å². The van der Waals surface area contributed by atoms with Crippen molar-refractivity contribution < 1.29 is 9.90 Å². The number of benzene rings is 1. The molecule has 0 bridgehead atoms. The lowest BCUT2D eigenvalue weighted by Crippen LogP contribution is -1.82. The Balaban J connectivity index is -0.000000211. The van der Waals surface area contributed by atoms with E-state index in [4.69, 9.17) is 16.7 Å². The molecule has 0 heterocycles. The van der Waals surface area contributed by atoms with Crippen molar-refractivity contribution >= 4 is 23.6 Å². The summed E-state index contributed by atoms with van der Waals surface area (Å²) in [6.07, 6.45) is 5.94. The van der Waals surface area contributed by atoms with Gasteiger partial charge in [0.05, 0.1) is 0 Å². The van der Waals surface area contributed by atoms with E-state index >= 15 is 0 Å². The van der Waals surface area contributed by atoms with Crippen molar-refractivity contribution in [3.63, 3.8) is 0 Å². The SMILES string of the molecule is C=CC(=O)O.C=CC=C.C=CCl.C=Cc1ccccc1. The Hall–Kier alpha value is -2.32. The van der Waals surface area contributed by atoms with Gasteiger partial charge in [0.15, 0.2) is 0 Å². The van der Waals surface area contributed by atoms with Crippen molar-refractivity contribution in [3.05, 3.63) is 92.6 Å². The van der Waals surface area contributed by atoms with Crippen LogP contribution in [0, 0.1) is 0 Å². The largest absolute Gasteiger partial charge is 0.478 e. The molecule has 20 heavy (non-hydrogen) atoms. The minimum atomic E-state index is -0.981. The van der Waals surface area contributed by atoms with Crippen LogP contribution >= 0.6 is 11.6 Å². The quantitative estimate of drug-likeness (QED) is 0.605. The van der Waals surface area contributed by atoms with Crippen LogP contribution in [0.5, 0.6) is 0 Å². The molecule has 0 aliphatic rings. The van der Waals surface area contributed by atoms with Crippen molar-refractivity contribution in [1.29, 1.82) is 0 Å². The Morgan fingerprint density at radius 3 is 1.50 bits per heavy atom. The van der Waals surface area contributed by atoms with Crippen LogP contribution in [0.4, 0.5) is 0 Å². The van der Waals surface area contributed by atoms with Gasteiger partial charge in [-0.25, -0.2) is 4.79 Å². The number of carboxylic acid groups (broad SMARTS) is 1. The summed E-state index contributed by atoms with van der Waals surface area (Å²) in [5.74, 6) is -0.981. The van der Waals surface area contributed by atoms with E-state index in [-0.39, 0.29) is 0 Å². The first kappa shape index (κ1) is 22.8. The molecule has 1 rings (SSSR count). The summed E-state index contributed by atoms with van der Waals surface area (Å²) in [7, 11) is 0. The standard InChI is InChI=1S/C8H8.C4H6.C3H4O2.C2H3Cl/c1-2-8-6-4-3-5-7-8;1-3-4-2;1-2-3(4)5;1-2-3/h2-7H,1H2;3-4H,1-2H2;2H,1H2,(H,4,5);2H,1H2. The third-order valence-electron chi connectivity index (χ3n) is 1.38. The van der Waals surface area contributed by atoms with Crippen molar-refractivity contribution in [3.8, 4) is 0 Å². The van der Waals surface area contributed by atoms with Gasteiger partial charge in [0.1, 0.15) is 0 Å². The van der Waals surface area contributed by atoms with Crippen molar-refractivity contribution in [2.45, 2.75) is 0 Å². The van der Waals surface area contributed by atoms with E-state index in [9.17, 15) is 4.79 Å². The van der Waals surface area contributed by atoms with Gasteiger partial charge in [-0.1, -0.05) is 93.1 Å². The van der Waals surface area contributed by atoms with Crippen molar-refractivity contribution in [1.82, 2.24) is 0 Å². The summed E-state index contributed by atoms with van der Waals surface area (Å²) < 4.78 is 0. The molecule has 1 aromatic rings. The number of carboxylic acids is 1. The molecule has 108 valence electrons. The van der Waals surface area contributed by atoms with E-state index in [2.05, 4.69) is 32.9 Å². The fourth-order valence-corrected chi connectivity index (χ4v) is 0.589. The van der Waals surface area contributed by atoms with Crippen LogP contribution in [0.25, 0.3) is 6.08 Å². The second-order valence-corrected chi connectivity index (χ2v) is 3.09. The summed E-state index contributed by atoms with van der Waals surface area (Å²) in [5.41, 5.74) is 2.40. The molecule has 0 aromatic heterocycles. The molecule has 1 aromatic carbocycles. The van der Waals surface area contributed by atoms with Gasteiger partial charge in [-0.3, -0.25) is 0 Å². The van der Waals surface area contributed by atoms with Crippen LogP contribution in [0.3, 0.4) is 0 Å². The molecule has 0 spiro atoms. The molecule has 0 aliphatic carbocycles. The zero-order chi connectivity index (χ0) is 16.2. The molecule has 0 aliphatic heterocycles. The minimum Gasteiger partial charge on any atom is -0.478 e. The second kappa shape index (κ2) is 21.9. The molecule has 0 saturated heterocycles. The zero-order valence-electron chi connectivity index (χ0n) is 11.5. The Labute approximate surface area is 126 Å². The van der Waals surface area contributed by atoms with Crippen molar-refractivity contribution in [2.24, 2.45) is 0 Å². The first-order chi connectivity index (χ1) is 9.53. The summed E-state index contributed by atoms with van der Waals surface area (Å²) in [4.78, 5) is 9.25. The molecule has 2 nitrogen and oxygen atoms in total. The van der Waals surface area contributed by atoms with Crippen LogP contribution in [0.2, 0.25) is 0 Å². The van der Waals surface area contributed by atoms with Gasteiger partial charge in [-0.05, 0) is 11.1 Å². The van der Waals surface area contributed by atoms with E-state index in [1.54, 1.807) is 12.2 Å². The van der Waals surface area contributed by atoms with Gasteiger partial charge >= 0.3 is 5.97 Å². The predicted octanol–water partition coefficient (Wildman–Crippen LogP) is 5.31. The first-order valence-corrected chi connectivity index (χ1v) is 5.94. The highest BCUT2D eigenvalue weighted by Crippen LogP contribution is 1.97. The number of hydrogen-bond acceptors (Lipinski definition) is 1. The second-order valence-electron chi connectivity index (χ2n) is 2.78. The lowest BCUT2D eigenvalue weighted by Gasteiger charge is -1.85. The average Bonchev–Trinajstić information content (AvgIpc) is 2.49. The fourth-order valence-electron chi connectivity index (χ4n) is 0.589. The number of hydrogen-bond donors (Lipinski definition) is 1. The summed E-state index contributed by atoms with van der Waals surface area (Å²) >= 11 is 4.76. The number of rotatable bonds is 3. The van der Waals surface area contributed by atoms with Crippen LogP contribution in [-0.2, 0) is 4.79 Å². The molecule has 0 atom stereocenters. The topological polar surface area (TPSA) is 37.3 Å². The average molecular weight is 293 g/mol. The van der Waals surface area contributed by atoms with E-state index in [0.717, 1.165) is 6.08 Å². The van der Waals surface area contributed by atoms with E-state index < -0.39 is 5.97 Å². The molecule has 0 saturated carbocycles. The number of aliphatic carboxylic acids is 1. The van der Waals surface area contributed by atoms with Gasteiger partial charge in [0.2, 0.25) is 0 Å². The maximum absolute atomic E-state index is 9.25. The summed E-state index contributed by atoms with van der Waals surface area (Å²) in [5, 5.41) is 7.60. The molecule has 3 heteroatoms. The maximum Gasteiger partial charge on any atom is 0.327 e. The van der Waals surface area contributed by atoms with Crippen LogP contribution < -0.4 is 0 Å². The van der Waals surface area contributed by atoms with Gasteiger partial charge in [-0.15, -0.1) is 0 Å². The normalized spacial score (nSPS) is 6.65. The van der Waals surface area contributed by atoms with Gasteiger partial charge in [-0.2, -0.15) is 0 Å². The third-order valence-corrected chi connectivity index (χ3v) is 1.38. The first-order valence-electron chi connectivity index (χ1n) is 5.51. The predicted molar refractivity (Wildman–Crippen MR) is 90.8 cm³/mol. The Kier molecular flexibility index (Phi) is 25.0. The summed E-state index contributed by atoms with van der Waals surface area (Å²) in [6.45, 7) is 16.4. The molecule has 1 N–H and O–H groups in total. The minimum absolute atomic E-state index is 0.833. The maximum atomic E-state index is 9.25. The highest BCUT2D eigenvalue weighted by atomic mass is 35.5.